The summed E-state index contributed by atoms with van der Waals surface area (Å²) in [6.07, 6.45) is 0. The third-order valence-electron chi connectivity index (χ3n) is 2.43. The first kappa shape index (κ1) is 14.4. The second kappa shape index (κ2) is 5.94. The Morgan fingerprint density at radius 1 is 1.20 bits per heavy atom. The van der Waals surface area contributed by atoms with E-state index in [0.717, 1.165) is 4.90 Å². The highest BCUT2D eigenvalue weighted by Crippen LogP contribution is 2.32. The van der Waals surface area contributed by atoms with E-state index in [4.69, 9.17) is 16.7 Å². The van der Waals surface area contributed by atoms with Crippen LogP contribution >= 0.6 is 23.4 Å². The molecule has 0 aliphatic heterocycles. The van der Waals surface area contributed by atoms with Crippen molar-refractivity contribution in [3.63, 3.8) is 0 Å². The first-order chi connectivity index (χ1) is 9.47. The van der Waals surface area contributed by atoms with E-state index >= 15 is 0 Å². The lowest BCUT2D eigenvalue weighted by Crippen LogP contribution is -2.02. The van der Waals surface area contributed by atoms with Crippen molar-refractivity contribution in [2.24, 2.45) is 0 Å². The summed E-state index contributed by atoms with van der Waals surface area (Å²) < 4.78 is 0. The highest BCUT2D eigenvalue weighted by atomic mass is 35.5. The van der Waals surface area contributed by atoms with E-state index in [1.54, 1.807) is 18.2 Å². The van der Waals surface area contributed by atoms with E-state index in [9.17, 15) is 14.9 Å². The molecule has 0 aliphatic rings. The molecule has 7 heteroatoms. The summed E-state index contributed by atoms with van der Waals surface area (Å²) in [5.41, 5.74) is -0.755. The standard InChI is InChI=1S/C13H8ClNO4S/c14-8-2-1-3-9(6-8)20-10-4-5-12(15(18)19)11(7-10)13(16)17/h1-7H,(H,16,17). The van der Waals surface area contributed by atoms with Crippen LogP contribution in [0, 0.1) is 10.1 Å². The molecular weight excluding hydrogens is 302 g/mol. The molecule has 5 nitrogen and oxygen atoms in total. The molecule has 2 aromatic rings. The minimum atomic E-state index is -1.33. The number of halogens is 1. The summed E-state index contributed by atoms with van der Waals surface area (Å²) in [4.78, 5) is 22.5. The van der Waals surface area contributed by atoms with Crippen molar-refractivity contribution in [3.8, 4) is 0 Å². The number of carbonyl (C=O) groups is 1. The second-order valence-corrected chi connectivity index (χ2v) is 5.38. The molecule has 2 rings (SSSR count). The molecular formula is C13H8ClNO4S. The molecule has 0 radical (unpaired) electrons. The van der Waals surface area contributed by atoms with E-state index in [2.05, 4.69) is 0 Å². The fourth-order valence-corrected chi connectivity index (χ4v) is 2.75. The number of carboxylic acid groups (broad SMARTS) is 1. The average molecular weight is 310 g/mol. The second-order valence-electron chi connectivity index (χ2n) is 3.80. The van der Waals surface area contributed by atoms with Gasteiger partial charge in [0, 0.05) is 20.9 Å². The summed E-state index contributed by atoms with van der Waals surface area (Å²) in [5, 5.41) is 20.3. The summed E-state index contributed by atoms with van der Waals surface area (Å²) in [6.45, 7) is 0. The molecule has 0 aromatic heterocycles. The maximum Gasteiger partial charge on any atom is 0.342 e. The van der Waals surface area contributed by atoms with Crippen LogP contribution in [0.2, 0.25) is 5.02 Å². The molecule has 0 amide bonds. The molecule has 0 atom stereocenters. The van der Waals surface area contributed by atoms with E-state index in [-0.39, 0.29) is 5.56 Å². The van der Waals surface area contributed by atoms with Crippen LogP contribution in [0.15, 0.2) is 52.3 Å². The third kappa shape index (κ3) is 3.28. The fraction of sp³-hybridized carbons (Fsp3) is 0. The van der Waals surface area contributed by atoms with Gasteiger partial charge in [0.25, 0.3) is 5.69 Å². The lowest BCUT2D eigenvalue weighted by atomic mass is 10.2. The number of aromatic carboxylic acids is 1. The topological polar surface area (TPSA) is 80.4 Å². The molecule has 0 unspecified atom stereocenters. The van der Waals surface area contributed by atoms with Gasteiger partial charge in [0.05, 0.1) is 4.92 Å². The number of nitro groups is 1. The van der Waals surface area contributed by atoms with Crippen molar-refractivity contribution in [1.29, 1.82) is 0 Å². The molecule has 0 spiro atoms. The molecule has 0 heterocycles. The lowest BCUT2D eigenvalue weighted by Gasteiger charge is -2.04. The van der Waals surface area contributed by atoms with Gasteiger partial charge in [-0.25, -0.2) is 4.79 Å². The minimum absolute atomic E-state index is 0.331. The number of hydrogen-bond donors (Lipinski definition) is 1. The Morgan fingerprint density at radius 2 is 1.90 bits per heavy atom. The molecule has 0 aliphatic carbocycles. The molecule has 102 valence electrons. The maximum atomic E-state index is 11.1. The Bertz CT molecular complexity index is 690. The van der Waals surface area contributed by atoms with Crippen LogP contribution in [0.25, 0.3) is 0 Å². The number of nitro benzene ring substituents is 1. The zero-order valence-electron chi connectivity index (χ0n) is 9.95. The highest BCUT2D eigenvalue weighted by Gasteiger charge is 2.20. The number of carboxylic acids is 1. The fourth-order valence-electron chi connectivity index (χ4n) is 1.58. The molecule has 0 saturated carbocycles. The first-order valence-corrected chi connectivity index (χ1v) is 6.62. The zero-order chi connectivity index (χ0) is 14.7. The highest BCUT2D eigenvalue weighted by molar-refractivity contribution is 7.99. The smallest absolute Gasteiger partial charge is 0.342 e. The summed E-state index contributed by atoms with van der Waals surface area (Å²) in [6, 6.07) is 11.0. The monoisotopic (exact) mass is 309 g/mol. The Hall–Kier alpha value is -2.05. The minimum Gasteiger partial charge on any atom is -0.477 e. The molecule has 2 aromatic carbocycles. The van der Waals surface area contributed by atoms with Gasteiger partial charge < -0.3 is 5.11 Å². The normalized spacial score (nSPS) is 10.2. The van der Waals surface area contributed by atoms with E-state index in [1.807, 2.05) is 6.07 Å². The van der Waals surface area contributed by atoms with E-state index in [1.165, 1.54) is 30.0 Å². The summed E-state index contributed by atoms with van der Waals surface area (Å²) >= 11 is 7.15. The van der Waals surface area contributed by atoms with Crippen LogP contribution in [0.3, 0.4) is 0 Å². The van der Waals surface area contributed by atoms with Crippen LogP contribution in [0.4, 0.5) is 5.69 Å². The zero-order valence-corrected chi connectivity index (χ0v) is 11.5. The molecule has 0 bridgehead atoms. The third-order valence-corrected chi connectivity index (χ3v) is 3.64. The van der Waals surface area contributed by atoms with Crippen molar-refractivity contribution in [3.05, 3.63) is 63.2 Å². The van der Waals surface area contributed by atoms with Gasteiger partial charge in [-0.1, -0.05) is 29.4 Å². The first-order valence-electron chi connectivity index (χ1n) is 5.42. The van der Waals surface area contributed by atoms with E-state index in [0.29, 0.717) is 9.92 Å². The van der Waals surface area contributed by atoms with Crippen LogP contribution in [0.5, 0.6) is 0 Å². The van der Waals surface area contributed by atoms with Crippen molar-refractivity contribution < 1.29 is 14.8 Å². The SMILES string of the molecule is O=C(O)c1cc(Sc2cccc(Cl)c2)ccc1[N+](=O)[O-]. The van der Waals surface area contributed by atoms with Crippen molar-refractivity contribution in [2.45, 2.75) is 9.79 Å². The van der Waals surface area contributed by atoms with Gasteiger partial charge in [-0.05, 0) is 30.3 Å². The maximum absolute atomic E-state index is 11.1. The van der Waals surface area contributed by atoms with Crippen LogP contribution < -0.4 is 0 Å². The summed E-state index contributed by atoms with van der Waals surface area (Å²) in [5.74, 6) is -1.33. The molecule has 0 fully saturated rings. The van der Waals surface area contributed by atoms with Gasteiger partial charge in [-0.15, -0.1) is 0 Å². The van der Waals surface area contributed by atoms with Crippen molar-refractivity contribution >= 4 is 35.0 Å². The van der Waals surface area contributed by atoms with Crippen molar-refractivity contribution in [2.75, 3.05) is 0 Å². The van der Waals surface area contributed by atoms with Crippen molar-refractivity contribution in [1.82, 2.24) is 0 Å². The molecule has 1 N–H and O–H groups in total. The molecule has 20 heavy (non-hydrogen) atoms. The largest absolute Gasteiger partial charge is 0.477 e. The Balaban J connectivity index is 2.36. The Kier molecular flexibility index (Phi) is 4.26. The van der Waals surface area contributed by atoms with Gasteiger partial charge in [0.15, 0.2) is 0 Å². The van der Waals surface area contributed by atoms with Gasteiger partial charge >= 0.3 is 5.97 Å². The number of hydrogen-bond acceptors (Lipinski definition) is 4. The number of benzene rings is 2. The quantitative estimate of drug-likeness (QED) is 0.679. The number of rotatable bonds is 4. The predicted octanol–water partition coefficient (Wildman–Crippen LogP) is 4.10. The molecule has 0 saturated heterocycles. The lowest BCUT2D eigenvalue weighted by molar-refractivity contribution is -0.385. The number of nitrogens with zero attached hydrogens (tertiary/aromatic N) is 1. The van der Waals surface area contributed by atoms with Crippen LogP contribution in [-0.4, -0.2) is 16.0 Å². The average Bonchev–Trinajstić information content (AvgIpc) is 2.38. The van der Waals surface area contributed by atoms with Crippen LogP contribution in [0.1, 0.15) is 10.4 Å². The van der Waals surface area contributed by atoms with Gasteiger partial charge in [-0.2, -0.15) is 0 Å². The predicted molar refractivity (Wildman–Crippen MR) is 75.6 cm³/mol. The van der Waals surface area contributed by atoms with Crippen LogP contribution in [-0.2, 0) is 0 Å². The van der Waals surface area contributed by atoms with Gasteiger partial charge in [0.2, 0.25) is 0 Å². The van der Waals surface area contributed by atoms with Gasteiger partial charge in [0.1, 0.15) is 5.56 Å². The Labute approximate surface area is 123 Å². The van der Waals surface area contributed by atoms with E-state index < -0.39 is 16.6 Å². The van der Waals surface area contributed by atoms with Gasteiger partial charge in [-0.3, -0.25) is 10.1 Å². The Morgan fingerprint density at radius 3 is 2.50 bits per heavy atom. The summed E-state index contributed by atoms with van der Waals surface area (Å²) in [7, 11) is 0.